The maximum Gasteiger partial charge on any atom is 0.132 e. The van der Waals surface area contributed by atoms with Gasteiger partial charge in [-0.1, -0.05) is 35.3 Å². The highest BCUT2D eigenvalue weighted by molar-refractivity contribution is 6.43. The summed E-state index contributed by atoms with van der Waals surface area (Å²) in [5.74, 6) is 0.818. The Kier molecular flexibility index (Phi) is 4.04. The summed E-state index contributed by atoms with van der Waals surface area (Å²) in [6.45, 7) is 4.79. The largest absolute Gasteiger partial charge is 0.370 e. The average molecular weight is 282 g/mol. The highest BCUT2D eigenvalue weighted by Gasteiger charge is 2.13. The van der Waals surface area contributed by atoms with Gasteiger partial charge in [-0.3, -0.25) is 0 Å². The first-order valence-electron chi connectivity index (χ1n) is 5.65. The Labute approximate surface area is 116 Å². The summed E-state index contributed by atoms with van der Waals surface area (Å²) in [5.41, 5.74) is 2.58. The van der Waals surface area contributed by atoms with Crippen molar-refractivity contribution in [2.24, 2.45) is 0 Å². The Hall–Kier alpha value is -1.32. The van der Waals surface area contributed by atoms with Crippen LogP contribution in [0.3, 0.4) is 0 Å². The third kappa shape index (κ3) is 2.42. The summed E-state index contributed by atoms with van der Waals surface area (Å²) in [6, 6.07) is 5.52. The van der Waals surface area contributed by atoms with E-state index in [0.29, 0.717) is 10.0 Å². The molecule has 5 heteroatoms. The second kappa shape index (κ2) is 5.55. The third-order valence-corrected chi connectivity index (χ3v) is 3.45. The predicted molar refractivity (Wildman–Crippen MR) is 76.4 cm³/mol. The van der Waals surface area contributed by atoms with E-state index in [2.05, 4.69) is 15.3 Å². The number of nitrogens with zero attached hydrogens (tertiary/aromatic N) is 2. The summed E-state index contributed by atoms with van der Waals surface area (Å²) in [4.78, 5) is 8.51. The first-order chi connectivity index (χ1) is 8.65. The number of aromatic nitrogens is 2. The van der Waals surface area contributed by atoms with Crippen molar-refractivity contribution in [2.75, 3.05) is 11.9 Å². The van der Waals surface area contributed by atoms with Crippen molar-refractivity contribution in [2.45, 2.75) is 13.8 Å². The minimum Gasteiger partial charge on any atom is -0.370 e. The Bertz CT molecular complexity index is 570. The van der Waals surface area contributed by atoms with Crippen molar-refractivity contribution >= 4 is 29.0 Å². The first kappa shape index (κ1) is 13.1. The molecule has 1 aromatic carbocycles. The van der Waals surface area contributed by atoms with E-state index in [-0.39, 0.29) is 0 Å². The quantitative estimate of drug-likeness (QED) is 0.917. The molecule has 0 spiro atoms. The molecule has 3 nitrogen and oxygen atoms in total. The van der Waals surface area contributed by atoms with E-state index >= 15 is 0 Å². The van der Waals surface area contributed by atoms with Gasteiger partial charge in [-0.15, -0.1) is 0 Å². The van der Waals surface area contributed by atoms with Gasteiger partial charge in [0, 0.05) is 17.7 Å². The molecule has 1 aromatic heterocycles. The lowest BCUT2D eigenvalue weighted by Crippen LogP contribution is -2.03. The monoisotopic (exact) mass is 281 g/mol. The molecule has 2 rings (SSSR count). The van der Waals surface area contributed by atoms with Gasteiger partial charge in [0.2, 0.25) is 0 Å². The average Bonchev–Trinajstić information content (AvgIpc) is 2.36. The zero-order valence-electron chi connectivity index (χ0n) is 10.2. The van der Waals surface area contributed by atoms with Gasteiger partial charge in [0.15, 0.2) is 0 Å². The lowest BCUT2D eigenvalue weighted by molar-refractivity contribution is 1.09. The van der Waals surface area contributed by atoms with Crippen LogP contribution in [-0.4, -0.2) is 16.5 Å². The molecule has 0 atom stereocenters. The summed E-state index contributed by atoms with van der Waals surface area (Å²) >= 11 is 12.2. The molecule has 0 radical (unpaired) electrons. The number of halogens is 2. The minimum absolute atomic E-state index is 0.517. The van der Waals surface area contributed by atoms with Gasteiger partial charge in [0.05, 0.1) is 15.7 Å². The van der Waals surface area contributed by atoms with Gasteiger partial charge in [-0.2, -0.15) is 0 Å². The van der Waals surface area contributed by atoms with E-state index < -0.39 is 0 Å². The van der Waals surface area contributed by atoms with E-state index in [9.17, 15) is 0 Å². The highest BCUT2D eigenvalue weighted by atomic mass is 35.5. The molecule has 0 aliphatic heterocycles. The molecule has 0 aliphatic carbocycles. The SMILES string of the molecule is CCNc1ncnc(-c2cccc(Cl)c2Cl)c1C. The first-order valence-corrected chi connectivity index (χ1v) is 6.40. The third-order valence-electron chi connectivity index (χ3n) is 2.64. The number of nitrogens with one attached hydrogen (secondary N) is 1. The van der Waals surface area contributed by atoms with Gasteiger partial charge in [0.1, 0.15) is 12.1 Å². The molecular weight excluding hydrogens is 269 g/mol. The van der Waals surface area contributed by atoms with Crippen LogP contribution >= 0.6 is 23.2 Å². The number of hydrogen-bond acceptors (Lipinski definition) is 3. The minimum atomic E-state index is 0.517. The molecule has 2 aromatic rings. The summed E-state index contributed by atoms with van der Waals surface area (Å²) < 4.78 is 0. The van der Waals surface area contributed by atoms with Crippen LogP contribution in [0.25, 0.3) is 11.3 Å². The molecule has 0 amide bonds. The second-order valence-corrected chi connectivity index (χ2v) is 4.61. The molecular formula is C13H13Cl2N3. The van der Waals surface area contributed by atoms with Crippen molar-refractivity contribution in [3.63, 3.8) is 0 Å². The molecule has 0 unspecified atom stereocenters. The molecule has 1 heterocycles. The standard InChI is InChI=1S/C13H13Cl2N3/c1-3-16-13-8(2)12(17-7-18-13)9-5-4-6-10(14)11(9)15/h4-7H,3H2,1-2H3,(H,16,17,18). The lowest BCUT2D eigenvalue weighted by atomic mass is 10.1. The Morgan fingerprint density at radius 3 is 2.72 bits per heavy atom. The predicted octanol–water partition coefficient (Wildman–Crippen LogP) is 4.19. The number of rotatable bonds is 3. The number of hydrogen-bond donors (Lipinski definition) is 1. The van der Waals surface area contributed by atoms with Gasteiger partial charge >= 0.3 is 0 Å². The van der Waals surface area contributed by atoms with Gasteiger partial charge < -0.3 is 5.32 Å². The molecule has 0 fully saturated rings. The van der Waals surface area contributed by atoms with Crippen LogP contribution in [0.1, 0.15) is 12.5 Å². The number of benzene rings is 1. The fourth-order valence-corrected chi connectivity index (χ4v) is 2.14. The van der Waals surface area contributed by atoms with E-state index in [1.165, 1.54) is 6.33 Å². The van der Waals surface area contributed by atoms with Crippen molar-refractivity contribution in [3.8, 4) is 11.3 Å². The molecule has 0 saturated carbocycles. The Morgan fingerprint density at radius 1 is 1.22 bits per heavy atom. The Balaban J connectivity index is 2.57. The summed E-state index contributed by atoms with van der Waals surface area (Å²) in [6.07, 6.45) is 1.53. The normalized spacial score (nSPS) is 10.4. The zero-order chi connectivity index (χ0) is 13.1. The summed E-state index contributed by atoms with van der Waals surface area (Å²) in [5, 5.41) is 4.24. The van der Waals surface area contributed by atoms with E-state index in [1.807, 2.05) is 26.0 Å². The van der Waals surface area contributed by atoms with Gasteiger partial charge in [0.25, 0.3) is 0 Å². The highest BCUT2D eigenvalue weighted by Crippen LogP contribution is 2.34. The number of anilines is 1. The van der Waals surface area contributed by atoms with Crippen LogP contribution in [0.5, 0.6) is 0 Å². The molecule has 0 bridgehead atoms. The van der Waals surface area contributed by atoms with Crippen LogP contribution < -0.4 is 5.32 Å². The fraction of sp³-hybridized carbons (Fsp3) is 0.231. The van der Waals surface area contributed by atoms with Gasteiger partial charge in [-0.05, 0) is 19.9 Å². The second-order valence-electron chi connectivity index (χ2n) is 3.83. The smallest absolute Gasteiger partial charge is 0.132 e. The maximum absolute atomic E-state index is 6.22. The zero-order valence-corrected chi connectivity index (χ0v) is 11.7. The van der Waals surface area contributed by atoms with Crippen LogP contribution in [0.15, 0.2) is 24.5 Å². The molecule has 1 N–H and O–H groups in total. The van der Waals surface area contributed by atoms with Crippen molar-refractivity contribution in [1.29, 1.82) is 0 Å². The molecule has 18 heavy (non-hydrogen) atoms. The van der Waals surface area contributed by atoms with Crippen LogP contribution in [0.4, 0.5) is 5.82 Å². The summed E-state index contributed by atoms with van der Waals surface area (Å²) in [7, 11) is 0. The fourth-order valence-electron chi connectivity index (χ4n) is 1.75. The van der Waals surface area contributed by atoms with Crippen molar-refractivity contribution in [1.82, 2.24) is 9.97 Å². The topological polar surface area (TPSA) is 37.8 Å². The van der Waals surface area contributed by atoms with E-state index in [1.54, 1.807) is 6.07 Å². The lowest BCUT2D eigenvalue weighted by Gasteiger charge is -2.11. The van der Waals surface area contributed by atoms with Crippen LogP contribution in [-0.2, 0) is 0 Å². The van der Waals surface area contributed by atoms with Crippen LogP contribution in [0, 0.1) is 6.92 Å². The van der Waals surface area contributed by atoms with E-state index in [0.717, 1.165) is 29.2 Å². The van der Waals surface area contributed by atoms with E-state index in [4.69, 9.17) is 23.2 Å². The van der Waals surface area contributed by atoms with Crippen LogP contribution in [0.2, 0.25) is 10.0 Å². The molecule has 94 valence electrons. The maximum atomic E-state index is 6.22. The Morgan fingerprint density at radius 2 is 2.00 bits per heavy atom. The van der Waals surface area contributed by atoms with Crippen molar-refractivity contribution < 1.29 is 0 Å². The van der Waals surface area contributed by atoms with Gasteiger partial charge in [-0.25, -0.2) is 9.97 Å². The van der Waals surface area contributed by atoms with Crippen molar-refractivity contribution in [3.05, 3.63) is 40.1 Å². The molecule has 0 aliphatic rings. The molecule has 0 saturated heterocycles.